The molecule has 0 atom stereocenters. The molecule has 0 saturated heterocycles. The van der Waals surface area contributed by atoms with Gasteiger partial charge >= 0.3 is 59.1 Å². The van der Waals surface area contributed by atoms with Crippen molar-refractivity contribution in [3.63, 3.8) is 0 Å². The van der Waals surface area contributed by atoms with Crippen LogP contribution in [0.2, 0.25) is 0 Å². The summed E-state index contributed by atoms with van der Waals surface area (Å²) in [5.74, 6) is -0.128. The number of carbonyl (C=O) groups is 2. The molecule has 0 spiro atoms. The molecule has 0 fully saturated rings. The number of hydrogen-bond acceptors (Lipinski definition) is 6. The molecule has 0 radical (unpaired) electrons. The Morgan fingerprint density at radius 1 is 0.609 bits per heavy atom. The molecular weight excluding hydrogens is 342 g/mol. The molecule has 2 aromatic carbocycles. The second-order valence-electron chi connectivity index (χ2n) is 4.16. The third-order valence-electron chi connectivity index (χ3n) is 2.83. The van der Waals surface area contributed by atoms with E-state index in [4.69, 9.17) is 17.5 Å². The van der Waals surface area contributed by atoms with Crippen molar-refractivity contribution >= 4 is 22.0 Å². The van der Waals surface area contributed by atoms with E-state index in [2.05, 4.69) is 0 Å². The fraction of sp³-hybridized carbons (Fsp3) is 0. The zero-order chi connectivity index (χ0) is 15.6. The maximum absolute atomic E-state index is 12.1. The van der Waals surface area contributed by atoms with Crippen LogP contribution in [0, 0.1) is 0 Å². The second kappa shape index (κ2) is 9.22. The summed E-state index contributed by atoms with van der Waals surface area (Å²) in [6.07, 6.45) is 0. The van der Waals surface area contributed by atoms with E-state index in [1.807, 2.05) is 0 Å². The van der Waals surface area contributed by atoms with Crippen LogP contribution in [0.3, 0.4) is 0 Å². The Labute approximate surface area is 177 Å². The zero-order valence-corrected chi connectivity index (χ0v) is 17.3. The smallest absolute Gasteiger partial charge is 0.759 e. The molecule has 0 aliphatic heterocycles. The summed E-state index contributed by atoms with van der Waals surface area (Å²) in [5.41, 5.74) is 2.02. The van der Waals surface area contributed by atoms with Crippen LogP contribution in [0.1, 0.15) is 31.8 Å². The van der Waals surface area contributed by atoms with Crippen molar-refractivity contribution in [3.05, 3.63) is 70.8 Å². The van der Waals surface area contributed by atoms with Gasteiger partial charge in [-0.25, -0.2) is 0 Å². The average Bonchev–Trinajstić information content (AvgIpc) is 2.43. The van der Waals surface area contributed by atoms with Crippen molar-refractivity contribution in [2.45, 2.75) is 0 Å². The number of benzene rings is 2. The van der Waals surface area contributed by atoms with Crippen molar-refractivity contribution in [1.29, 1.82) is 0 Å². The molecule has 6 nitrogen and oxygen atoms in total. The second-order valence-corrected chi connectivity index (χ2v) is 4.97. The molecule has 2 aromatic rings. The SMILES string of the molecule is O=C1c2ccccc2C(=O)c2ccccc21.O=S(=O)([O-])[O-].[Na+].[Na+]. The summed E-state index contributed by atoms with van der Waals surface area (Å²) in [6.45, 7) is 0. The van der Waals surface area contributed by atoms with Crippen molar-refractivity contribution in [3.8, 4) is 0 Å². The maximum atomic E-state index is 12.1. The molecular formula is C14H8Na2O6S. The van der Waals surface area contributed by atoms with Gasteiger partial charge in [-0.15, -0.1) is 0 Å². The average molecular weight is 350 g/mol. The van der Waals surface area contributed by atoms with Gasteiger partial charge in [-0.1, -0.05) is 48.5 Å². The zero-order valence-electron chi connectivity index (χ0n) is 12.5. The van der Waals surface area contributed by atoms with E-state index in [0.29, 0.717) is 22.3 Å². The van der Waals surface area contributed by atoms with Gasteiger partial charge in [-0.05, 0) is 0 Å². The summed E-state index contributed by atoms with van der Waals surface area (Å²) < 4.78 is 34.1. The van der Waals surface area contributed by atoms with Gasteiger partial charge in [0.25, 0.3) is 0 Å². The van der Waals surface area contributed by atoms with E-state index in [9.17, 15) is 9.59 Å². The first-order valence-corrected chi connectivity index (χ1v) is 7.06. The Bertz CT molecular complexity index is 719. The van der Waals surface area contributed by atoms with Crippen LogP contribution in [-0.2, 0) is 10.4 Å². The number of fused-ring (bicyclic) bond motifs is 2. The molecule has 1 aliphatic rings. The third kappa shape index (κ3) is 5.90. The van der Waals surface area contributed by atoms with Crippen LogP contribution < -0.4 is 59.1 Å². The Balaban J connectivity index is 0.000000615. The molecule has 0 unspecified atom stereocenters. The molecule has 0 heterocycles. The van der Waals surface area contributed by atoms with Gasteiger partial charge < -0.3 is 9.11 Å². The fourth-order valence-electron chi connectivity index (χ4n) is 2.05. The van der Waals surface area contributed by atoms with Gasteiger partial charge in [-0.2, -0.15) is 0 Å². The van der Waals surface area contributed by atoms with Crippen molar-refractivity contribution in [1.82, 2.24) is 0 Å². The van der Waals surface area contributed by atoms with Crippen LogP contribution >= 0.6 is 0 Å². The van der Waals surface area contributed by atoms with Gasteiger partial charge in [0.05, 0.1) is 0 Å². The van der Waals surface area contributed by atoms with Crippen LogP contribution in [0.4, 0.5) is 0 Å². The van der Waals surface area contributed by atoms with Crippen molar-refractivity contribution < 1.29 is 86.2 Å². The first-order chi connectivity index (χ1) is 9.79. The molecule has 0 amide bonds. The summed E-state index contributed by atoms with van der Waals surface area (Å²) >= 11 is 0. The summed E-state index contributed by atoms with van der Waals surface area (Å²) in [5, 5.41) is 0. The molecule has 0 N–H and O–H groups in total. The molecule has 0 saturated carbocycles. The Morgan fingerprint density at radius 3 is 0.957 bits per heavy atom. The quantitative estimate of drug-likeness (QED) is 0.228. The van der Waals surface area contributed by atoms with Crippen LogP contribution in [0.5, 0.6) is 0 Å². The Hall–Kier alpha value is -0.350. The van der Waals surface area contributed by atoms with Crippen LogP contribution in [0.15, 0.2) is 48.5 Å². The molecule has 3 rings (SSSR count). The normalized spacial score (nSPS) is 11.7. The summed E-state index contributed by atoms with van der Waals surface area (Å²) in [7, 11) is -5.17. The molecule has 0 aromatic heterocycles. The third-order valence-corrected chi connectivity index (χ3v) is 2.83. The van der Waals surface area contributed by atoms with Crippen LogP contribution in [0.25, 0.3) is 0 Å². The van der Waals surface area contributed by atoms with Crippen molar-refractivity contribution in [2.24, 2.45) is 0 Å². The molecule has 9 heteroatoms. The van der Waals surface area contributed by atoms with E-state index < -0.39 is 10.4 Å². The molecule has 0 bridgehead atoms. The topological polar surface area (TPSA) is 114 Å². The fourth-order valence-corrected chi connectivity index (χ4v) is 2.05. The Morgan fingerprint density at radius 2 is 0.783 bits per heavy atom. The van der Waals surface area contributed by atoms with Gasteiger partial charge in [0.15, 0.2) is 11.6 Å². The maximum Gasteiger partial charge on any atom is 1.00 e. The monoisotopic (exact) mass is 350 g/mol. The minimum atomic E-state index is -5.17. The first kappa shape index (κ1) is 22.6. The molecule has 108 valence electrons. The van der Waals surface area contributed by atoms with Gasteiger partial charge in [-0.3, -0.25) is 18.0 Å². The number of rotatable bonds is 0. The van der Waals surface area contributed by atoms with Crippen LogP contribution in [-0.4, -0.2) is 29.1 Å². The largest absolute Gasteiger partial charge is 1.00 e. The minimum Gasteiger partial charge on any atom is -0.759 e. The predicted molar refractivity (Wildman–Crippen MR) is 70.2 cm³/mol. The van der Waals surface area contributed by atoms with Gasteiger partial charge in [0, 0.05) is 32.7 Å². The van der Waals surface area contributed by atoms with E-state index in [1.54, 1.807) is 48.5 Å². The number of carbonyl (C=O) groups excluding carboxylic acids is 2. The molecule has 1 aliphatic carbocycles. The summed E-state index contributed by atoms with van der Waals surface area (Å²) in [4.78, 5) is 24.2. The van der Waals surface area contributed by atoms with Crippen molar-refractivity contribution in [2.75, 3.05) is 0 Å². The predicted octanol–water partition coefficient (Wildman–Crippen LogP) is -4.87. The summed E-state index contributed by atoms with van der Waals surface area (Å²) in [6, 6.07) is 13.9. The van der Waals surface area contributed by atoms with E-state index >= 15 is 0 Å². The Kier molecular flexibility index (Phi) is 9.08. The minimum absolute atomic E-state index is 0. The first-order valence-electron chi connectivity index (χ1n) is 5.73. The van der Waals surface area contributed by atoms with Gasteiger partial charge in [0.1, 0.15) is 0 Å². The van der Waals surface area contributed by atoms with E-state index in [-0.39, 0.29) is 70.7 Å². The standard InChI is InChI=1S/C14H8O2.2Na.H2O4S/c15-13-9-5-1-2-6-10(9)14(16)12-8-4-3-7-11(12)13;;;1-5(2,3)4/h1-8H;;;(H2,1,2,3,4)/q;2*+1;/p-2. The van der Waals surface area contributed by atoms with E-state index in [0.717, 1.165) is 0 Å². The molecule has 23 heavy (non-hydrogen) atoms. The van der Waals surface area contributed by atoms with E-state index in [1.165, 1.54) is 0 Å². The number of hydrogen-bond donors (Lipinski definition) is 0. The number of ketones is 2. The van der Waals surface area contributed by atoms with Gasteiger partial charge in [0.2, 0.25) is 0 Å².